The number of ether oxygens (including phenoxy) is 1. The van der Waals surface area contributed by atoms with E-state index in [9.17, 15) is 4.79 Å². The van der Waals surface area contributed by atoms with Crippen molar-refractivity contribution in [1.82, 2.24) is 5.32 Å². The van der Waals surface area contributed by atoms with Gasteiger partial charge in [-0.15, -0.1) is 0 Å². The van der Waals surface area contributed by atoms with E-state index in [0.717, 1.165) is 11.1 Å². The molecule has 3 aromatic carbocycles. The lowest BCUT2D eigenvalue weighted by atomic mass is 9.71. The summed E-state index contributed by atoms with van der Waals surface area (Å²) < 4.78 is 5.97. The van der Waals surface area contributed by atoms with Gasteiger partial charge < -0.3 is 10.1 Å². The van der Waals surface area contributed by atoms with Gasteiger partial charge in [0.2, 0.25) is 0 Å². The van der Waals surface area contributed by atoms with Gasteiger partial charge in [-0.25, -0.2) is 0 Å². The SMILES string of the molecule is CC(NC(=O)C(C)(C)Oc1ccc(Cl)cc1)C(C)(c1ccc(Cl)cc1)c1ccc(Cl)cc1. The average molecular weight is 491 g/mol. The zero-order valence-corrected chi connectivity index (χ0v) is 20.7. The molecule has 32 heavy (non-hydrogen) atoms. The van der Waals surface area contributed by atoms with Crippen LogP contribution in [0.3, 0.4) is 0 Å². The first-order chi connectivity index (χ1) is 15.0. The van der Waals surface area contributed by atoms with E-state index in [2.05, 4.69) is 12.2 Å². The monoisotopic (exact) mass is 489 g/mol. The van der Waals surface area contributed by atoms with Crippen molar-refractivity contribution >= 4 is 40.7 Å². The molecule has 0 fully saturated rings. The number of amides is 1. The van der Waals surface area contributed by atoms with Gasteiger partial charge in [0.05, 0.1) is 0 Å². The van der Waals surface area contributed by atoms with E-state index in [1.165, 1.54) is 0 Å². The molecule has 0 aliphatic carbocycles. The molecule has 0 bridgehead atoms. The van der Waals surface area contributed by atoms with Crippen LogP contribution in [0, 0.1) is 0 Å². The first kappa shape index (κ1) is 24.4. The molecular weight excluding hydrogens is 465 g/mol. The molecule has 1 unspecified atom stereocenters. The molecule has 0 aliphatic heterocycles. The molecule has 3 rings (SSSR count). The molecule has 0 heterocycles. The quantitative estimate of drug-likeness (QED) is 0.377. The van der Waals surface area contributed by atoms with Crippen LogP contribution in [0.25, 0.3) is 0 Å². The van der Waals surface area contributed by atoms with Gasteiger partial charge in [-0.1, -0.05) is 59.1 Å². The Bertz CT molecular complexity index is 1020. The van der Waals surface area contributed by atoms with Gasteiger partial charge in [0, 0.05) is 26.5 Å². The Labute approximate surface area is 204 Å². The highest BCUT2D eigenvalue weighted by Gasteiger charge is 2.39. The fraction of sp³-hybridized carbons (Fsp3) is 0.269. The number of nitrogens with one attached hydrogen (secondary N) is 1. The van der Waals surface area contributed by atoms with Crippen molar-refractivity contribution in [2.45, 2.75) is 44.8 Å². The maximum absolute atomic E-state index is 13.3. The van der Waals surface area contributed by atoms with Crippen molar-refractivity contribution in [1.29, 1.82) is 0 Å². The van der Waals surface area contributed by atoms with E-state index in [0.29, 0.717) is 20.8 Å². The average Bonchev–Trinajstić information content (AvgIpc) is 2.75. The van der Waals surface area contributed by atoms with E-state index >= 15 is 0 Å². The standard InChI is InChI=1S/C26H26Cl3NO2/c1-17(30-24(31)25(2,3)32-23-15-13-22(29)14-16-23)26(4,18-5-9-20(27)10-6-18)19-7-11-21(28)12-8-19/h5-17H,1-4H3,(H,30,31). The summed E-state index contributed by atoms with van der Waals surface area (Å²) in [4.78, 5) is 13.3. The van der Waals surface area contributed by atoms with Crippen LogP contribution in [0.4, 0.5) is 0 Å². The summed E-state index contributed by atoms with van der Waals surface area (Å²) in [6, 6.07) is 22.0. The van der Waals surface area contributed by atoms with Crippen LogP contribution in [-0.4, -0.2) is 17.6 Å². The van der Waals surface area contributed by atoms with E-state index in [1.807, 2.05) is 55.5 Å². The lowest BCUT2D eigenvalue weighted by molar-refractivity contribution is -0.135. The Kier molecular flexibility index (Phi) is 7.44. The van der Waals surface area contributed by atoms with Crippen LogP contribution in [0.2, 0.25) is 15.1 Å². The van der Waals surface area contributed by atoms with E-state index < -0.39 is 11.0 Å². The van der Waals surface area contributed by atoms with Gasteiger partial charge in [-0.05, 0) is 87.4 Å². The first-order valence-electron chi connectivity index (χ1n) is 10.3. The molecule has 0 aromatic heterocycles. The number of carbonyl (C=O) groups excluding carboxylic acids is 1. The number of hydrogen-bond acceptors (Lipinski definition) is 2. The third-order valence-electron chi connectivity index (χ3n) is 5.83. The molecule has 0 radical (unpaired) electrons. The normalized spacial score (nSPS) is 12.8. The molecule has 1 amide bonds. The summed E-state index contributed by atoms with van der Waals surface area (Å²) in [6.07, 6.45) is 0. The number of halogens is 3. The minimum absolute atomic E-state index is 0.228. The van der Waals surface area contributed by atoms with Gasteiger partial charge >= 0.3 is 0 Å². The van der Waals surface area contributed by atoms with Crippen molar-refractivity contribution in [2.75, 3.05) is 0 Å². The molecule has 0 spiro atoms. The van der Waals surface area contributed by atoms with E-state index in [-0.39, 0.29) is 11.9 Å². The minimum atomic E-state index is -1.09. The van der Waals surface area contributed by atoms with Crippen LogP contribution >= 0.6 is 34.8 Å². The Morgan fingerprint density at radius 3 is 1.53 bits per heavy atom. The molecule has 168 valence electrons. The lowest BCUT2D eigenvalue weighted by Gasteiger charge is -2.39. The molecule has 1 atom stereocenters. The van der Waals surface area contributed by atoms with Crippen LogP contribution < -0.4 is 10.1 Å². The Morgan fingerprint density at radius 1 is 0.750 bits per heavy atom. The first-order valence-corrected chi connectivity index (χ1v) is 11.4. The molecule has 6 heteroatoms. The van der Waals surface area contributed by atoms with E-state index in [4.69, 9.17) is 39.5 Å². The maximum Gasteiger partial charge on any atom is 0.263 e. The smallest absolute Gasteiger partial charge is 0.263 e. The van der Waals surface area contributed by atoms with Crippen molar-refractivity contribution in [3.05, 3.63) is 99.0 Å². The van der Waals surface area contributed by atoms with Crippen molar-refractivity contribution in [2.24, 2.45) is 0 Å². The molecule has 1 N–H and O–H groups in total. The lowest BCUT2D eigenvalue weighted by Crippen LogP contribution is -2.55. The highest BCUT2D eigenvalue weighted by atomic mass is 35.5. The second-order valence-corrected chi connectivity index (χ2v) is 9.79. The maximum atomic E-state index is 13.3. The zero-order valence-electron chi connectivity index (χ0n) is 18.5. The van der Waals surface area contributed by atoms with E-state index in [1.54, 1.807) is 38.1 Å². The third-order valence-corrected chi connectivity index (χ3v) is 6.59. The highest BCUT2D eigenvalue weighted by Crippen LogP contribution is 2.37. The van der Waals surface area contributed by atoms with Gasteiger partial charge in [0.1, 0.15) is 5.75 Å². The van der Waals surface area contributed by atoms with Crippen molar-refractivity contribution in [3.8, 4) is 5.75 Å². The summed E-state index contributed by atoms with van der Waals surface area (Å²) in [5, 5.41) is 5.08. The Hall–Kier alpha value is -2.20. The fourth-order valence-electron chi connectivity index (χ4n) is 3.62. The molecule has 0 saturated heterocycles. The molecule has 3 aromatic rings. The van der Waals surface area contributed by atoms with Gasteiger partial charge in [-0.3, -0.25) is 4.79 Å². The number of hydrogen-bond donors (Lipinski definition) is 1. The van der Waals surface area contributed by atoms with Crippen LogP contribution in [0.1, 0.15) is 38.8 Å². The molecular formula is C26H26Cl3NO2. The summed E-state index contributed by atoms with van der Waals surface area (Å²) in [7, 11) is 0. The Morgan fingerprint density at radius 2 is 1.12 bits per heavy atom. The molecule has 3 nitrogen and oxygen atoms in total. The number of benzene rings is 3. The molecule has 0 aliphatic rings. The van der Waals surface area contributed by atoms with Crippen LogP contribution in [0.5, 0.6) is 5.75 Å². The van der Waals surface area contributed by atoms with Crippen molar-refractivity contribution in [3.63, 3.8) is 0 Å². The van der Waals surface area contributed by atoms with Crippen molar-refractivity contribution < 1.29 is 9.53 Å². The largest absolute Gasteiger partial charge is 0.478 e. The number of carbonyl (C=O) groups is 1. The minimum Gasteiger partial charge on any atom is -0.478 e. The predicted octanol–water partition coefficient (Wildman–Crippen LogP) is 7.32. The van der Waals surface area contributed by atoms with Gasteiger partial charge in [0.15, 0.2) is 5.60 Å². The topological polar surface area (TPSA) is 38.3 Å². The van der Waals surface area contributed by atoms with Crippen LogP contribution in [-0.2, 0) is 10.2 Å². The second kappa shape index (κ2) is 9.74. The second-order valence-electron chi connectivity index (χ2n) is 8.48. The fourth-order valence-corrected chi connectivity index (χ4v) is 4.00. The van der Waals surface area contributed by atoms with Gasteiger partial charge in [0.25, 0.3) is 5.91 Å². The summed E-state index contributed by atoms with van der Waals surface area (Å²) in [6.45, 7) is 7.56. The number of rotatable bonds is 7. The highest BCUT2D eigenvalue weighted by molar-refractivity contribution is 6.31. The predicted molar refractivity (Wildman–Crippen MR) is 133 cm³/mol. The summed E-state index contributed by atoms with van der Waals surface area (Å²) in [5.74, 6) is 0.342. The molecule has 0 saturated carbocycles. The Balaban J connectivity index is 1.89. The van der Waals surface area contributed by atoms with Gasteiger partial charge in [-0.2, -0.15) is 0 Å². The zero-order chi connectivity index (χ0) is 23.5. The summed E-state index contributed by atoms with van der Waals surface area (Å²) in [5.41, 5.74) is 0.409. The summed E-state index contributed by atoms with van der Waals surface area (Å²) >= 11 is 18.2. The van der Waals surface area contributed by atoms with Crippen LogP contribution in [0.15, 0.2) is 72.8 Å². The third kappa shape index (κ3) is 5.40.